The Kier molecular flexibility index (Phi) is 2.82. The van der Waals surface area contributed by atoms with E-state index >= 15 is 0 Å². The number of carbonyl (C=O) groups excluding carboxylic acids is 1. The van der Waals surface area contributed by atoms with E-state index in [-0.39, 0.29) is 11.9 Å². The first kappa shape index (κ1) is 10.6. The average molecular weight is 239 g/mol. The van der Waals surface area contributed by atoms with E-state index in [0.717, 1.165) is 0 Å². The van der Waals surface area contributed by atoms with E-state index < -0.39 is 0 Å². The summed E-state index contributed by atoms with van der Waals surface area (Å²) in [5, 5.41) is 6.30. The van der Waals surface area contributed by atoms with Crippen LogP contribution in [0.1, 0.15) is 16.2 Å². The molecule has 2 heterocycles. The number of carbonyl (C=O) groups is 1. The van der Waals surface area contributed by atoms with Crippen LogP contribution in [0.5, 0.6) is 0 Å². The Labute approximate surface area is 95.6 Å². The summed E-state index contributed by atoms with van der Waals surface area (Å²) in [6, 6.07) is 3.13. The third kappa shape index (κ3) is 2.34. The van der Waals surface area contributed by atoms with Crippen molar-refractivity contribution in [3.05, 3.63) is 34.9 Å². The molecule has 0 aliphatic heterocycles. The summed E-state index contributed by atoms with van der Waals surface area (Å²) in [4.78, 5) is 19.2. The molecule has 0 aromatic carbocycles. The first-order valence-corrected chi connectivity index (χ1v) is 4.76. The van der Waals surface area contributed by atoms with Gasteiger partial charge in [0, 0.05) is 6.20 Å². The van der Waals surface area contributed by atoms with E-state index in [1.807, 2.05) is 0 Å². The van der Waals surface area contributed by atoms with Gasteiger partial charge in [-0.3, -0.25) is 10.1 Å². The number of anilines is 1. The van der Waals surface area contributed by atoms with Crippen molar-refractivity contribution in [3.63, 3.8) is 0 Å². The number of halogens is 1. The molecule has 0 aliphatic rings. The molecule has 2 rings (SSSR count). The quantitative estimate of drug-likeness (QED) is 0.805. The van der Waals surface area contributed by atoms with E-state index in [0.29, 0.717) is 16.5 Å². The Morgan fingerprint density at radius 1 is 1.50 bits per heavy atom. The number of nitrogens with one attached hydrogen (secondary N) is 1. The maximum atomic E-state index is 11.6. The second-order valence-electron chi connectivity index (χ2n) is 2.97. The molecular weight excluding hydrogens is 232 g/mol. The molecule has 1 N–H and O–H groups in total. The van der Waals surface area contributed by atoms with Gasteiger partial charge in [-0.1, -0.05) is 16.8 Å². The number of nitrogens with zero attached hydrogens (tertiary/aromatic N) is 3. The van der Waals surface area contributed by atoms with Crippen molar-refractivity contribution in [2.75, 3.05) is 5.32 Å². The van der Waals surface area contributed by atoms with Crippen LogP contribution in [-0.4, -0.2) is 21.0 Å². The lowest BCUT2D eigenvalue weighted by molar-refractivity contribution is 0.102. The Balaban J connectivity index is 2.11. The van der Waals surface area contributed by atoms with Crippen LogP contribution in [0.2, 0.25) is 5.15 Å². The third-order valence-electron chi connectivity index (χ3n) is 1.74. The number of hydrogen-bond donors (Lipinski definition) is 1. The van der Waals surface area contributed by atoms with E-state index in [2.05, 4.69) is 20.4 Å². The maximum absolute atomic E-state index is 11.6. The second kappa shape index (κ2) is 4.28. The zero-order valence-corrected chi connectivity index (χ0v) is 9.02. The summed E-state index contributed by atoms with van der Waals surface area (Å²) < 4.78 is 4.74. The summed E-state index contributed by atoms with van der Waals surface area (Å²) in [5.41, 5.74) is 0.361. The van der Waals surface area contributed by atoms with Crippen molar-refractivity contribution in [1.29, 1.82) is 0 Å². The smallest absolute Gasteiger partial charge is 0.315 e. The van der Waals surface area contributed by atoms with E-state index in [1.54, 1.807) is 13.0 Å². The summed E-state index contributed by atoms with van der Waals surface area (Å²) in [5.74, 6) is 0.0670. The summed E-state index contributed by atoms with van der Waals surface area (Å²) in [7, 11) is 0. The van der Waals surface area contributed by atoms with Crippen LogP contribution in [0.4, 0.5) is 6.01 Å². The van der Waals surface area contributed by atoms with Gasteiger partial charge in [-0.2, -0.15) is 4.98 Å². The van der Waals surface area contributed by atoms with Crippen molar-refractivity contribution >= 4 is 23.5 Å². The molecule has 2 aromatic rings. The largest absolute Gasteiger partial charge is 0.328 e. The van der Waals surface area contributed by atoms with Crippen molar-refractivity contribution in [1.82, 2.24) is 15.1 Å². The number of aryl methyl sites for hydroxylation is 1. The number of amides is 1. The van der Waals surface area contributed by atoms with Gasteiger partial charge >= 0.3 is 6.01 Å². The molecule has 0 saturated heterocycles. The molecule has 1 amide bonds. The molecule has 82 valence electrons. The van der Waals surface area contributed by atoms with Gasteiger partial charge in [0.15, 0.2) is 5.82 Å². The van der Waals surface area contributed by atoms with Crippen LogP contribution in [-0.2, 0) is 0 Å². The monoisotopic (exact) mass is 238 g/mol. The lowest BCUT2D eigenvalue weighted by atomic mass is 10.3. The molecular formula is C9H7ClN4O2. The Bertz CT molecular complexity index is 508. The Morgan fingerprint density at radius 2 is 2.31 bits per heavy atom. The highest BCUT2D eigenvalue weighted by molar-refractivity contribution is 6.29. The van der Waals surface area contributed by atoms with Gasteiger partial charge in [0.25, 0.3) is 5.91 Å². The molecule has 0 radical (unpaired) electrons. The lowest BCUT2D eigenvalue weighted by Crippen LogP contribution is -2.12. The van der Waals surface area contributed by atoms with Crippen LogP contribution in [0.3, 0.4) is 0 Å². The van der Waals surface area contributed by atoms with Crippen molar-refractivity contribution in [2.45, 2.75) is 6.92 Å². The zero-order valence-electron chi connectivity index (χ0n) is 8.27. The summed E-state index contributed by atoms with van der Waals surface area (Å²) >= 11 is 5.60. The first-order valence-electron chi connectivity index (χ1n) is 4.38. The number of aromatic nitrogens is 3. The molecule has 0 fully saturated rings. The third-order valence-corrected chi connectivity index (χ3v) is 1.96. The topological polar surface area (TPSA) is 80.9 Å². The number of rotatable bonds is 2. The van der Waals surface area contributed by atoms with E-state index in [1.165, 1.54) is 12.3 Å². The van der Waals surface area contributed by atoms with Crippen molar-refractivity contribution in [3.8, 4) is 0 Å². The molecule has 0 unspecified atom stereocenters. The molecule has 6 nitrogen and oxygen atoms in total. The Hall–Kier alpha value is -1.95. The lowest BCUT2D eigenvalue weighted by Gasteiger charge is -1.99. The van der Waals surface area contributed by atoms with Gasteiger partial charge < -0.3 is 4.52 Å². The highest BCUT2D eigenvalue weighted by atomic mass is 35.5. The van der Waals surface area contributed by atoms with Gasteiger partial charge in [-0.05, 0) is 19.1 Å². The fourth-order valence-electron chi connectivity index (χ4n) is 1.03. The summed E-state index contributed by atoms with van der Waals surface area (Å²) in [6.07, 6.45) is 1.36. The normalized spacial score (nSPS) is 10.1. The van der Waals surface area contributed by atoms with Crippen molar-refractivity contribution < 1.29 is 9.32 Å². The highest BCUT2D eigenvalue weighted by Crippen LogP contribution is 2.08. The van der Waals surface area contributed by atoms with Gasteiger partial charge in [0.1, 0.15) is 5.15 Å². The van der Waals surface area contributed by atoms with Gasteiger partial charge in [0.2, 0.25) is 0 Å². The molecule has 0 atom stereocenters. The van der Waals surface area contributed by atoms with Crippen LogP contribution in [0, 0.1) is 6.92 Å². The molecule has 7 heteroatoms. The molecule has 2 aromatic heterocycles. The van der Waals surface area contributed by atoms with E-state index in [9.17, 15) is 4.79 Å². The molecule has 0 saturated carbocycles. The minimum absolute atomic E-state index is 0.0532. The average Bonchev–Trinajstić information content (AvgIpc) is 2.65. The predicted molar refractivity (Wildman–Crippen MR) is 56.2 cm³/mol. The van der Waals surface area contributed by atoms with Crippen LogP contribution >= 0.6 is 11.6 Å². The number of hydrogen-bond acceptors (Lipinski definition) is 5. The predicted octanol–water partition coefficient (Wildman–Crippen LogP) is 1.68. The molecule has 0 bridgehead atoms. The van der Waals surface area contributed by atoms with Crippen molar-refractivity contribution in [2.24, 2.45) is 0 Å². The SMILES string of the molecule is Cc1noc(NC(=O)c2ccc(Cl)nc2)n1. The van der Waals surface area contributed by atoms with E-state index in [4.69, 9.17) is 16.1 Å². The standard InChI is InChI=1S/C9H7ClN4O2/c1-5-12-9(16-14-5)13-8(15)6-2-3-7(10)11-4-6/h2-4H,1H3,(H,12,13,14,15). The minimum atomic E-state index is -0.382. The highest BCUT2D eigenvalue weighted by Gasteiger charge is 2.10. The molecule has 16 heavy (non-hydrogen) atoms. The molecule has 0 spiro atoms. The zero-order chi connectivity index (χ0) is 11.5. The molecule has 0 aliphatic carbocycles. The van der Waals surface area contributed by atoms with Gasteiger partial charge in [0.05, 0.1) is 5.56 Å². The fraction of sp³-hybridized carbons (Fsp3) is 0.111. The fourth-order valence-corrected chi connectivity index (χ4v) is 1.14. The minimum Gasteiger partial charge on any atom is -0.315 e. The van der Waals surface area contributed by atoms with Gasteiger partial charge in [-0.15, -0.1) is 0 Å². The van der Waals surface area contributed by atoms with Gasteiger partial charge in [-0.25, -0.2) is 4.98 Å². The number of pyridine rings is 1. The summed E-state index contributed by atoms with van der Waals surface area (Å²) in [6.45, 7) is 1.66. The maximum Gasteiger partial charge on any atom is 0.328 e. The Morgan fingerprint density at radius 3 is 2.88 bits per heavy atom. The first-order chi connectivity index (χ1) is 7.65. The van der Waals surface area contributed by atoms with Crippen LogP contribution in [0.15, 0.2) is 22.9 Å². The second-order valence-corrected chi connectivity index (χ2v) is 3.36. The van der Waals surface area contributed by atoms with Crippen LogP contribution in [0.25, 0.3) is 0 Å². The van der Waals surface area contributed by atoms with Crippen LogP contribution < -0.4 is 5.32 Å².